The molecule has 4 heterocycles. The van der Waals surface area contributed by atoms with Crippen LogP contribution in [0, 0.1) is 6.92 Å². The first-order chi connectivity index (χ1) is 16.6. The summed E-state index contributed by atoms with van der Waals surface area (Å²) in [6, 6.07) is 5.97. The Kier molecular flexibility index (Phi) is 5.47. The Morgan fingerprint density at radius 3 is 2.57 bits per heavy atom. The summed E-state index contributed by atoms with van der Waals surface area (Å²) in [5.41, 5.74) is 6.26. The summed E-state index contributed by atoms with van der Waals surface area (Å²) in [5, 5.41) is 13.4. The van der Waals surface area contributed by atoms with E-state index in [4.69, 9.17) is 14.6 Å². The third-order valence-corrected chi connectivity index (χ3v) is 7.15. The zero-order chi connectivity index (χ0) is 25.1. The van der Waals surface area contributed by atoms with Gasteiger partial charge >= 0.3 is 0 Å². The molecule has 5 rings (SSSR count). The Morgan fingerprint density at radius 2 is 1.97 bits per heavy atom. The molecule has 0 saturated carbocycles. The molecule has 0 bridgehead atoms. The molecule has 0 N–H and O–H groups in total. The Balaban J connectivity index is 1.76. The topological polar surface area (TPSA) is 74.4 Å². The van der Waals surface area contributed by atoms with E-state index in [2.05, 4.69) is 11.2 Å². The highest BCUT2D eigenvalue weighted by atomic mass is 32.1. The van der Waals surface area contributed by atoms with E-state index in [1.165, 1.54) is 0 Å². The number of thiophene rings is 1. The van der Waals surface area contributed by atoms with Crippen LogP contribution in [0.2, 0.25) is 0 Å². The fraction of sp³-hybridized carbons (Fsp3) is 0.346. The van der Waals surface area contributed by atoms with Crippen molar-refractivity contribution < 1.29 is 14.3 Å². The molecule has 0 atom stereocenters. The average molecular weight is 492 g/mol. The fourth-order valence-corrected chi connectivity index (χ4v) is 4.94. The molecule has 0 unspecified atom stereocenters. The second-order valence-corrected chi connectivity index (χ2v) is 10.5. The molecule has 1 aliphatic heterocycles. The molecule has 8 nitrogen and oxygen atoms in total. The number of fused-ring (bicyclic) bond motifs is 3. The number of nitrogens with zero attached hydrogens (tertiary/aromatic N) is 5. The normalized spacial score (nSPS) is 12.7. The molecule has 0 radical (unpaired) electrons. The minimum absolute atomic E-state index is 0.133. The van der Waals surface area contributed by atoms with Crippen LogP contribution in [0.4, 0.5) is 0 Å². The van der Waals surface area contributed by atoms with E-state index in [0.29, 0.717) is 17.2 Å². The number of hydrogen-bond acceptors (Lipinski definition) is 6. The quantitative estimate of drug-likeness (QED) is 0.398. The number of aryl methyl sites for hydroxylation is 2. The molecule has 1 amide bonds. The van der Waals surface area contributed by atoms with Gasteiger partial charge in [0.25, 0.3) is 5.91 Å². The lowest BCUT2D eigenvalue weighted by Crippen LogP contribution is -2.43. The number of rotatable bonds is 4. The highest BCUT2D eigenvalue weighted by Crippen LogP contribution is 2.46. The fourth-order valence-electron chi connectivity index (χ4n) is 4.32. The van der Waals surface area contributed by atoms with Crippen LogP contribution in [-0.4, -0.2) is 50.1 Å². The zero-order valence-electron chi connectivity index (χ0n) is 21.0. The number of methoxy groups -OCH3 is 1. The van der Waals surface area contributed by atoms with E-state index in [9.17, 15) is 4.79 Å². The van der Waals surface area contributed by atoms with Crippen molar-refractivity contribution in [3.05, 3.63) is 52.1 Å². The maximum atomic E-state index is 13.6. The molecule has 35 heavy (non-hydrogen) atoms. The molecule has 1 aliphatic rings. The smallest absolute Gasteiger partial charge is 0.274 e. The Bertz CT molecular complexity index is 1430. The van der Waals surface area contributed by atoms with Crippen molar-refractivity contribution in [2.24, 2.45) is 7.05 Å². The van der Waals surface area contributed by atoms with Gasteiger partial charge in [0.15, 0.2) is 5.69 Å². The van der Waals surface area contributed by atoms with Crippen LogP contribution in [0.3, 0.4) is 0 Å². The van der Waals surface area contributed by atoms with Gasteiger partial charge in [-0.1, -0.05) is 0 Å². The summed E-state index contributed by atoms with van der Waals surface area (Å²) in [6.45, 7) is 8.25. The monoisotopic (exact) mass is 491 g/mol. The van der Waals surface area contributed by atoms with Gasteiger partial charge in [0.1, 0.15) is 18.1 Å². The maximum Gasteiger partial charge on any atom is 0.274 e. The SMILES string of the molecule is COc1cc2c(cc1-c1cn(C)nc1C)-c1c(c(C(=O)N(C)C(C)(C)C)nn1-c1ccsc1)CO2. The van der Waals surface area contributed by atoms with E-state index in [1.807, 2.05) is 75.6 Å². The molecule has 0 fully saturated rings. The number of hydrogen-bond donors (Lipinski definition) is 0. The van der Waals surface area contributed by atoms with Crippen LogP contribution in [0.25, 0.3) is 28.1 Å². The largest absolute Gasteiger partial charge is 0.496 e. The number of benzene rings is 1. The molecule has 0 aliphatic carbocycles. The molecule has 0 spiro atoms. The standard InChI is InChI=1S/C26H29N5O3S/c1-15-19(12-29(5)27-15)17-10-18-22(11-21(17)33-7)34-13-20-23(25(32)30(6)26(2,3)4)28-31(24(18)20)16-8-9-35-14-16/h8-12,14H,13H2,1-7H3. The van der Waals surface area contributed by atoms with Crippen molar-refractivity contribution >= 4 is 17.2 Å². The predicted octanol–water partition coefficient (Wildman–Crippen LogP) is 5.08. The van der Waals surface area contributed by atoms with Gasteiger partial charge in [0.05, 0.1) is 24.2 Å². The lowest BCUT2D eigenvalue weighted by molar-refractivity contribution is 0.0646. The lowest BCUT2D eigenvalue weighted by Gasteiger charge is -2.31. The van der Waals surface area contributed by atoms with Gasteiger partial charge < -0.3 is 14.4 Å². The van der Waals surface area contributed by atoms with Crippen LogP contribution < -0.4 is 9.47 Å². The van der Waals surface area contributed by atoms with Gasteiger partial charge in [-0.25, -0.2) is 4.68 Å². The van der Waals surface area contributed by atoms with Crippen LogP contribution >= 0.6 is 11.3 Å². The first-order valence-corrected chi connectivity index (χ1v) is 12.3. The summed E-state index contributed by atoms with van der Waals surface area (Å²) in [7, 11) is 5.36. The molecule has 4 aromatic rings. The summed E-state index contributed by atoms with van der Waals surface area (Å²) in [5.74, 6) is 1.26. The summed E-state index contributed by atoms with van der Waals surface area (Å²) in [6.07, 6.45) is 1.98. The molecular weight excluding hydrogens is 462 g/mol. The second kappa shape index (κ2) is 8.27. The lowest BCUT2D eigenvalue weighted by atomic mass is 9.96. The number of aromatic nitrogens is 4. The minimum atomic E-state index is -0.345. The molecule has 9 heteroatoms. The minimum Gasteiger partial charge on any atom is -0.496 e. The Morgan fingerprint density at radius 1 is 1.20 bits per heavy atom. The van der Waals surface area contributed by atoms with Crippen molar-refractivity contribution in [2.75, 3.05) is 14.2 Å². The van der Waals surface area contributed by atoms with E-state index in [-0.39, 0.29) is 18.1 Å². The van der Waals surface area contributed by atoms with Crippen LogP contribution in [0.5, 0.6) is 11.5 Å². The van der Waals surface area contributed by atoms with Crippen molar-refractivity contribution in [1.29, 1.82) is 0 Å². The molecule has 3 aromatic heterocycles. The molecule has 0 saturated heterocycles. The maximum absolute atomic E-state index is 13.6. The summed E-state index contributed by atoms with van der Waals surface area (Å²) in [4.78, 5) is 15.3. The predicted molar refractivity (Wildman–Crippen MR) is 137 cm³/mol. The van der Waals surface area contributed by atoms with Gasteiger partial charge in [-0.2, -0.15) is 21.5 Å². The van der Waals surface area contributed by atoms with Crippen molar-refractivity contribution in [3.8, 4) is 39.6 Å². The number of amides is 1. The van der Waals surface area contributed by atoms with Crippen molar-refractivity contribution in [3.63, 3.8) is 0 Å². The molecule has 1 aromatic carbocycles. The highest BCUT2D eigenvalue weighted by molar-refractivity contribution is 7.08. The van der Waals surface area contributed by atoms with Gasteiger partial charge in [0, 0.05) is 59.5 Å². The van der Waals surface area contributed by atoms with Crippen molar-refractivity contribution in [1.82, 2.24) is 24.5 Å². The van der Waals surface area contributed by atoms with Crippen LogP contribution in [-0.2, 0) is 13.7 Å². The van der Waals surface area contributed by atoms with Gasteiger partial charge in [-0.15, -0.1) is 0 Å². The number of ether oxygens (including phenoxy) is 2. The summed E-state index contributed by atoms with van der Waals surface area (Å²) >= 11 is 1.59. The highest BCUT2D eigenvalue weighted by Gasteiger charge is 2.34. The van der Waals surface area contributed by atoms with Crippen molar-refractivity contribution in [2.45, 2.75) is 39.8 Å². The number of carbonyl (C=O) groups excluding carboxylic acids is 1. The third-order valence-electron chi connectivity index (χ3n) is 6.48. The van der Waals surface area contributed by atoms with E-state index < -0.39 is 0 Å². The van der Waals surface area contributed by atoms with E-state index in [0.717, 1.165) is 39.3 Å². The van der Waals surface area contributed by atoms with Crippen LogP contribution in [0.15, 0.2) is 35.2 Å². The average Bonchev–Trinajstić information content (AvgIpc) is 3.54. The summed E-state index contributed by atoms with van der Waals surface area (Å²) < 4.78 is 15.6. The molecular formula is C26H29N5O3S. The van der Waals surface area contributed by atoms with E-state index >= 15 is 0 Å². The number of carbonyl (C=O) groups is 1. The van der Waals surface area contributed by atoms with Gasteiger partial charge in [-0.05, 0) is 45.2 Å². The Hall–Kier alpha value is -3.59. The van der Waals surface area contributed by atoms with Crippen LogP contribution in [0.1, 0.15) is 42.5 Å². The first kappa shape index (κ1) is 23.2. The molecule has 182 valence electrons. The van der Waals surface area contributed by atoms with Gasteiger partial charge in [-0.3, -0.25) is 9.48 Å². The second-order valence-electron chi connectivity index (χ2n) is 9.74. The Labute approximate surface area is 208 Å². The first-order valence-electron chi connectivity index (χ1n) is 11.4. The third kappa shape index (κ3) is 3.80. The van der Waals surface area contributed by atoms with Gasteiger partial charge in [0.2, 0.25) is 0 Å². The van der Waals surface area contributed by atoms with E-state index in [1.54, 1.807) is 28.0 Å². The zero-order valence-corrected chi connectivity index (χ0v) is 21.9.